The van der Waals surface area contributed by atoms with E-state index < -0.39 is 11.9 Å². The van der Waals surface area contributed by atoms with Crippen molar-refractivity contribution in [2.75, 3.05) is 0 Å². The summed E-state index contributed by atoms with van der Waals surface area (Å²) < 4.78 is 0. The van der Waals surface area contributed by atoms with Crippen LogP contribution < -0.4 is 0 Å². The predicted molar refractivity (Wildman–Crippen MR) is 88.5 cm³/mol. The van der Waals surface area contributed by atoms with Crippen molar-refractivity contribution >= 4 is 24.1 Å². The summed E-state index contributed by atoms with van der Waals surface area (Å²) in [5.41, 5.74) is 1.64. The van der Waals surface area contributed by atoms with E-state index in [0.29, 0.717) is 22.3 Å². The Morgan fingerprint density at radius 2 is 1.08 bits per heavy atom. The second-order valence-corrected chi connectivity index (χ2v) is 4.90. The first-order chi connectivity index (χ1) is 11.4. The van der Waals surface area contributed by atoms with E-state index in [9.17, 15) is 19.8 Å². The molecule has 0 bridgehead atoms. The molecule has 0 aliphatic carbocycles. The van der Waals surface area contributed by atoms with Crippen LogP contribution >= 0.6 is 0 Å². The van der Waals surface area contributed by atoms with Crippen LogP contribution in [0.4, 0.5) is 0 Å². The van der Waals surface area contributed by atoms with E-state index in [1.165, 1.54) is 48.6 Å². The zero-order valence-electron chi connectivity index (χ0n) is 12.4. The Hall–Kier alpha value is -3.54. The van der Waals surface area contributed by atoms with Crippen LogP contribution in [0.15, 0.2) is 48.6 Å². The zero-order valence-corrected chi connectivity index (χ0v) is 12.4. The second kappa shape index (κ2) is 7.15. The maximum Gasteiger partial charge on any atom is 0.328 e. The fourth-order valence-corrected chi connectivity index (χ4v) is 2.08. The lowest BCUT2D eigenvalue weighted by atomic mass is 9.98. The summed E-state index contributed by atoms with van der Waals surface area (Å²) in [6, 6.07) is 8.88. The summed E-state index contributed by atoms with van der Waals surface area (Å²) in [6.07, 6.45) is 4.64. The van der Waals surface area contributed by atoms with Crippen molar-refractivity contribution in [1.29, 1.82) is 0 Å². The highest BCUT2D eigenvalue weighted by molar-refractivity contribution is 5.87. The Bertz CT molecular complexity index is 777. The van der Waals surface area contributed by atoms with Crippen LogP contribution in [0.3, 0.4) is 0 Å². The van der Waals surface area contributed by atoms with Gasteiger partial charge in [0.25, 0.3) is 0 Å². The summed E-state index contributed by atoms with van der Waals surface area (Å²) in [7, 11) is 0. The number of hydrogen-bond donors (Lipinski definition) is 4. The molecule has 24 heavy (non-hydrogen) atoms. The van der Waals surface area contributed by atoms with Gasteiger partial charge in [-0.2, -0.15) is 0 Å². The lowest BCUT2D eigenvalue weighted by Crippen LogP contribution is -1.88. The van der Waals surface area contributed by atoms with Gasteiger partial charge in [0.15, 0.2) is 0 Å². The van der Waals surface area contributed by atoms with Crippen molar-refractivity contribution in [2.24, 2.45) is 0 Å². The molecular weight excluding hydrogens is 312 g/mol. The molecule has 6 nitrogen and oxygen atoms in total. The van der Waals surface area contributed by atoms with Gasteiger partial charge in [-0.1, -0.05) is 12.1 Å². The van der Waals surface area contributed by atoms with Gasteiger partial charge in [0.05, 0.1) is 0 Å². The van der Waals surface area contributed by atoms with E-state index in [2.05, 4.69) is 0 Å². The average molecular weight is 326 g/mol. The number of phenols is 2. The third-order valence-electron chi connectivity index (χ3n) is 3.17. The van der Waals surface area contributed by atoms with Crippen molar-refractivity contribution in [3.8, 4) is 22.6 Å². The van der Waals surface area contributed by atoms with Gasteiger partial charge in [0, 0.05) is 23.3 Å². The molecule has 2 aromatic rings. The van der Waals surface area contributed by atoms with E-state index in [0.717, 1.165) is 12.2 Å². The van der Waals surface area contributed by atoms with Crippen LogP contribution in [0.25, 0.3) is 23.3 Å². The fourth-order valence-electron chi connectivity index (χ4n) is 2.08. The molecule has 0 aliphatic heterocycles. The van der Waals surface area contributed by atoms with Gasteiger partial charge >= 0.3 is 11.9 Å². The highest BCUT2D eigenvalue weighted by Gasteiger charge is 2.10. The van der Waals surface area contributed by atoms with Gasteiger partial charge in [0.1, 0.15) is 11.5 Å². The molecule has 122 valence electrons. The minimum atomic E-state index is -1.10. The molecule has 0 saturated carbocycles. The molecule has 0 fully saturated rings. The zero-order chi connectivity index (χ0) is 17.7. The number of aromatic hydroxyl groups is 2. The number of phenolic OH excluding ortho intramolecular Hbond substituents is 2. The molecule has 0 heterocycles. The van der Waals surface area contributed by atoms with E-state index >= 15 is 0 Å². The van der Waals surface area contributed by atoms with Gasteiger partial charge in [-0.3, -0.25) is 0 Å². The summed E-state index contributed by atoms with van der Waals surface area (Å²) in [4.78, 5) is 21.2. The Morgan fingerprint density at radius 3 is 1.42 bits per heavy atom. The molecule has 0 atom stereocenters. The van der Waals surface area contributed by atoms with E-state index in [-0.39, 0.29) is 11.5 Å². The van der Waals surface area contributed by atoms with Crippen molar-refractivity contribution < 1.29 is 30.0 Å². The number of carboxylic acids is 2. The monoisotopic (exact) mass is 326 g/mol. The maximum atomic E-state index is 10.6. The molecule has 2 rings (SSSR count). The number of carbonyl (C=O) groups is 2. The second-order valence-electron chi connectivity index (χ2n) is 4.90. The number of benzene rings is 2. The normalized spacial score (nSPS) is 11.2. The van der Waals surface area contributed by atoms with Crippen molar-refractivity contribution in [2.45, 2.75) is 0 Å². The van der Waals surface area contributed by atoms with Crippen molar-refractivity contribution in [3.63, 3.8) is 0 Å². The number of aliphatic carboxylic acids is 2. The van der Waals surface area contributed by atoms with Gasteiger partial charge in [-0.05, 0) is 47.5 Å². The predicted octanol–water partition coefficient (Wildman–Crippen LogP) is 2.96. The summed E-state index contributed by atoms with van der Waals surface area (Å²) in [6.45, 7) is 0. The first kappa shape index (κ1) is 16.8. The lowest BCUT2D eigenvalue weighted by Gasteiger charge is -2.09. The molecule has 0 spiro atoms. The summed E-state index contributed by atoms with van der Waals surface area (Å²) >= 11 is 0. The molecule has 2 aromatic carbocycles. The number of hydrogen-bond acceptors (Lipinski definition) is 4. The molecule has 6 heteroatoms. The Balaban J connectivity index is 2.50. The smallest absolute Gasteiger partial charge is 0.328 e. The molecule has 0 amide bonds. The minimum Gasteiger partial charge on any atom is -0.507 e. The standard InChI is InChI=1S/C18H14O6/c19-15-5-1-11(3-7-17(21)22)9-13(15)14-10-12(2-6-16(14)20)4-8-18(23)24/h1-10,19-20H,(H,21,22)(H,23,24)/b7-3+,8-4+. The van der Waals surface area contributed by atoms with Crippen molar-refractivity contribution in [1.82, 2.24) is 0 Å². The minimum absolute atomic E-state index is 0.0999. The van der Waals surface area contributed by atoms with Crippen LogP contribution in [0.2, 0.25) is 0 Å². The topological polar surface area (TPSA) is 115 Å². The van der Waals surface area contributed by atoms with Crippen LogP contribution in [-0.2, 0) is 9.59 Å². The highest BCUT2D eigenvalue weighted by atomic mass is 16.4. The largest absolute Gasteiger partial charge is 0.507 e. The Kier molecular flexibility index (Phi) is 5.01. The van der Waals surface area contributed by atoms with Crippen LogP contribution in [0, 0.1) is 0 Å². The summed E-state index contributed by atoms with van der Waals surface area (Å²) in [5.74, 6) is -2.41. The molecule has 0 unspecified atom stereocenters. The molecule has 0 aromatic heterocycles. The maximum absolute atomic E-state index is 10.6. The van der Waals surface area contributed by atoms with Crippen LogP contribution in [0.1, 0.15) is 11.1 Å². The van der Waals surface area contributed by atoms with Crippen LogP contribution in [0.5, 0.6) is 11.5 Å². The molecular formula is C18H14O6. The third kappa shape index (κ3) is 4.23. The van der Waals surface area contributed by atoms with Gasteiger partial charge in [-0.15, -0.1) is 0 Å². The first-order valence-corrected chi connectivity index (χ1v) is 6.85. The quantitative estimate of drug-likeness (QED) is 0.628. The van der Waals surface area contributed by atoms with E-state index in [1.807, 2.05) is 0 Å². The molecule has 0 radical (unpaired) electrons. The molecule has 0 aliphatic rings. The number of carboxylic acid groups (broad SMARTS) is 2. The van der Waals surface area contributed by atoms with Gasteiger partial charge in [-0.25, -0.2) is 9.59 Å². The summed E-state index contributed by atoms with van der Waals surface area (Å²) in [5, 5.41) is 37.4. The van der Waals surface area contributed by atoms with Gasteiger partial charge < -0.3 is 20.4 Å². The lowest BCUT2D eigenvalue weighted by molar-refractivity contribution is -0.132. The van der Waals surface area contributed by atoms with E-state index in [4.69, 9.17) is 10.2 Å². The van der Waals surface area contributed by atoms with Crippen LogP contribution in [-0.4, -0.2) is 32.4 Å². The fraction of sp³-hybridized carbons (Fsp3) is 0. The SMILES string of the molecule is O=C(O)/C=C/c1ccc(O)c(-c2cc(/C=C/C(=O)O)ccc2O)c1. The highest BCUT2D eigenvalue weighted by Crippen LogP contribution is 2.37. The molecule has 4 N–H and O–H groups in total. The first-order valence-electron chi connectivity index (χ1n) is 6.85. The third-order valence-corrected chi connectivity index (χ3v) is 3.17. The average Bonchev–Trinajstić information content (AvgIpc) is 2.53. The van der Waals surface area contributed by atoms with Crippen molar-refractivity contribution in [3.05, 3.63) is 59.7 Å². The molecule has 0 saturated heterocycles. The van der Waals surface area contributed by atoms with E-state index in [1.54, 1.807) is 0 Å². The Labute approximate surface area is 137 Å². The number of rotatable bonds is 5. The Morgan fingerprint density at radius 1 is 0.708 bits per heavy atom. The van der Waals surface area contributed by atoms with Gasteiger partial charge in [0.2, 0.25) is 0 Å².